The Balaban J connectivity index is 1.53. The molecule has 1 saturated heterocycles. The summed E-state index contributed by atoms with van der Waals surface area (Å²) in [5, 5.41) is 0. The lowest BCUT2D eigenvalue weighted by molar-refractivity contribution is -0.125. The maximum Gasteiger partial charge on any atom is 0.230 e. The maximum absolute atomic E-state index is 13.4. The van der Waals surface area contributed by atoms with Gasteiger partial charge in [-0.3, -0.25) is 4.79 Å². The molecule has 1 amide bonds. The highest BCUT2D eigenvalue weighted by atomic mass is 16.2. The van der Waals surface area contributed by atoms with Crippen molar-refractivity contribution in [1.29, 1.82) is 0 Å². The molecule has 0 aromatic heterocycles. The molecular formula is C24H30N2O. The van der Waals surface area contributed by atoms with Crippen LogP contribution in [0.4, 0.5) is 5.69 Å². The number of hydrogen-bond acceptors (Lipinski definition) is 2. The third-order valence-electron chi connectivity index (χ3n) is 5.90. The van der Waals surface area contributed by atoms with E-state index in [1.165, 1.54) is 5.56 Å². The number of para-hydroxylation sites is 1. The van der Waals surface area contributed by atoms with Crippen LogP contribution in [0.2, 0.25) is 0 Å². The molecule has 0 radical (unpaired) electrons. The Morgan fingerprint density at radius 1 is 1.04 bits per heavy atom. The predicted molar refractivity (Wildman–Crippen MR) is 111 cm³/mol. The lowest BCUT2D eigenvalue weighted by Crippen LogP contribution is -2.50. The highest BCUT2D eigenvalue weighted by Gasteiger charge is 2.35. The molecule has 1 aliphatic heterocycles. The van der Waals surface area contributed by atoms with Crippen molar-refractivity contribution in [3.05, 3.63) is 66.1 Å². The van der Waals surface area contributed by atoms with Gasteiger partial charge in [0.2, 0.25) is 5.91 Å². The van der Waals surface area contributed by atoms with Crippen LogP contribution >= 0.6 is 0 Å². The first-order valence-corrected chi connectivity index (χ1v) is 10.0. The molecule has 3 nitrogen and oxygen atoms in total. The number of carbonyl (C=O) groups excluding carboxylic acids is 1. The minimum atomic E-state index is -0.421. The van der Waals surface area contributed by atoms with Crippen LogP contribution in [0.5, 0.6) is 0 Å². The summed E-state index contributed by atoms with van der Waals surface area (Å²) < 4.78 is 40.9. The average Bonchev–Trinajstić information content (AvgIpc) is 2.78. The van der Waals surface area contributed by atoms with Gasteiger partial charge in [0.1, 0.15) is 0 Å². The molecule has 2 aliphatic rings. The van der Waals surface area contributed by atoms with Gasteiger partial charge in [0.05, 0.1) is 6.85 Å². The van der Waals surface area contributed by atoms with E-state index in [2.05, 4.69) is 17.0 Å². The van der Waals surface area contributed by atoms with Crippen molar-refractivity contribution in [1.82, 2.24) is 4.90 Å². The smallest absolute Gasteiger partial charge is 0.230 e. The minimum Gasteiger partial charge on any atom is -0.309 e. The van der Waals surface area contributed by atoms with Crippen molar-refractivity contribution in [3.8, 4) is 0 Å². The average molecular weight is 368 g/mol. The van der Waals surface area contributed by atoms with Crippen molar-refractivity contribution in [3.63, 3.8) is 0 Å². The van der Waals surface area contributed by atoms with E-state index in [1.807, 2.05) is 18.2 Å². The Bertz CT molecular complexity index is 943. The lowest BCUT2D eigenvalue weighted by atomic mass is 9.83. The molecule has 1 aliphatic carbocycles. The molecule has 2 fully saturated rings. The van der Waals surface area contributed by atoms with Crippen LogP contribution in [0, 0.1) is 5.92 Å². The molecule has 4 rings (SSSR count). The third kappa shape index (κ3) is 4.41. The van der Waals surface area contributed by atoms with Gasteiger partial charge in [-0.15, -0.1) is 0 Å². The Hall–Kier alpha value is -2.13. The number of likely N-dealkylation sites (tertiary alicyclic amines) is 1. The second-order valence-corrected chi connectivity index (χ2v) is 7.62. The number of benzene rings is 2. The summed E-state index contributed by atoms with van der Waals surface area (Å²) in [5.74, 6) is -0.193. The number of amides is 1. The number of carbonyl (C=O) groups is 1. The molecule has 3 heteroatoms. The molecule has 1 heterocycles. The fourth-order valence-electron chi connectivity index (χ4n) is 4.02. The molecule has 142 valence electrons. The van der Waals surface area contributed by atoms with E-state index in [4.69, 9.17) is 6.85 Å². The first kappa shape index (κ1) is 13.1. The Labute approximate surface area is 170 Å². The van der Waals surface area contributed by atoms with Gasteiger partial charge in [-0.2, -0.15) is 0 Å². The zero-order valence-electron chi connectivity index (χ0n) is 20.7. The van der Waals surface area contributed by atoms with Crippen LogP contribution in [0.15, 0.2) is 60.5 Å². The predicted octanol–water partition coefficient (Wildman–Crippen LogP) is 4.53. The van der Waals surface area contributed by atoms with Gasteiger partial charge < -0.3 is 9.80 Å². The summed E-state index contributed by atoms with van der Waals surface area (Å²) in [6.45, 7) is 2.59. The first-order chi connectivity index (χ1) is 15.4. The summed E-state index contributed by atoms with van der Waals surface area (Å²) in [5.41, 5.74) is 1.35. The van der Waals surface area contributed by atoms with Crippen LogP contribution in [-0.2, 0) is 11.2 Å². The number of anilines is 1. The topological polar surface area (TPSA) is 23.6 Å². The summed E-state index contributed by atoms with van der Waals surface area (Å²) >= 11 is 0. The summed E-state index contributed by atoms with van der Waals surface area (Å²) in [7, 11) is 0. The SMILES string of the molecule is [2H]c1c([2H])c([2H])c(N(C(=O)C2CCC2)C2CCN(CCc3ccccc3)CC2)c([2H])c1[2H]. The summed E-state index contributed by atoms with van der Waals surface area (Å²) in [6, 6.07) is 8.47. The zero-order valence-corrected chi connectivity index (χ0v) is 15.7. The second-order valence-electron chi connectivity index (χ2n) is 7.62. The van der Waals surface area contributed by atoms with Crippen LogP contribution < -0.4 is 4.90 Å². The van der Waals surface area contributed by atoms with E-state index in [0.717, 1.165) is 58.2 Å². The summed E-state index contributed by atoms with van der Waals surface area (Å²) in [6.07, 6.45) is 5.06. The summed E-state index contributed by atoms with van der Waals surface area (Å²) in [4.78, 5) is 17.4. The van der Waals surface area contributed by atoms with Gasteiger partial charge in [0.15, 0.2) is 0 Å². The second kappa shape index (κ2) is 8.71. The van der Waals surface area contributed by atoms with Crippen LogP contribution in [-0.4, -0.2) is 36.5 Å². The van der Waals surface area contributed by atoms with Gasteiger partial charge in [0, 0.05) is 37.3 Å². The van der Waals surface area contributed by atoms with E-state index in [9.17, 15) is 4.79 Å². The number of rotatable bonds is 6. The van der Waals surface area contributed by atoms with Crippen molar-refractivity contribution in [2.45, 2.75) is 44.6 Å². The monoisotopic (exact) mass is 367 g/mol. The molecule has 0 N–H and O–H groups in total. The van der Waals surface area contributed by atoms with Crippen LogP contribution in [0.3, 0.4) is 0 Å². The fourth-order valence-corrected chi connectivity index (χ4v) is 4.02. The highest BCUT2D eigenvalue weighted by Crippen LogP contribution is 2.33. The van der Waals surface area contributed by atoms with Gasteiger partial charge in [0.25, 0.3) is 0 Å². The Kier molecular flexibility index (Phi) is 4.23. The standard InChI is InChI=1S/C24H30N2O/c27-24(21-10-7-11-21)26(22-12-5-2-6-13-22)23-15-18-25(19-16-23)17-14-20-8-3-1-4-9-20/h1-6,8-9,12-13,21,23H,7,10-11,14-19H2/i2D,5D,6D,12D,13D. The highest BCUT2D eigenvalue weighted by molar-refractivity contribution is 5.96. The van der Waals surface area contributed by atoms with Crippen molar-refractivity contribution in [2.75, 3.05) is 24.5 Å². The number of nitrogens with zero attached hydrogens (tertiary/aromatic N) is 2. The van der Waals surface area contributed by atoms with Crippen molar-refractivity contribution >= 4 is 11.6 Å². The van der Waals surface area contributed by atoms with Gasteiger partial charge >= 0.3 is 0 Å². The molecule has 2 aromatic rings. The normalized spacial score (nSPS) is 21.4. The van der Waals surface area contributed by atoms with Crippen LogP contribution in [0.1, 0.15) is 44.5 Å². The largest absolute Gasteiger partial charge is 0.309 e. The molecule has 0 bridgehead atoms. The third-order valence-corrected chi connectivity index (χ3v) is 5.90. The zero-order chi connectivity index (χ0) is 22.8. The van der Waals surface area contributed by atoms with Crippen molar-refractivity contribution < 1.29 is 11.6 Å². The van der Waals surface area contributed by atoms with Crippen molar-refractivity contribution in [2.24, 2.45) is 5.92 Å². The van der Waals surface area contributed by atoms with Gasteiger partial charge in [-0.25, -0.2) is 0 Å². The Morgan fingerprint density at radius 3 is 2.37 bits per heavy atom. The van der Waals surface area contributed by atoms with E-state index in [0.29, 0.717) is 0 Å². The quantitative estimate of drug-likeness (QED) is 0.749. The molecule has 0 spiro atoms. The van der Waals surface area contributed by atoms with E-state index < -0.39 is 6.04 Å². The molecule has 0 unspecified atom stereocenters. The molecular weight excluding hydrogens is 332 g/mol. The molecule has 0 atom stereocenters. The lowest BCUT2D eigenvalue weighted by Gasteiger charge is -2.41. The minimum absolute atomic E-state index is 0.0515. The molecule has 27 heavy (non-hydrogen) atoms. The first-order valence-electron chi connectivity index (χ1n) is 12.5. The Morgan fingerprint density at radius 2 is 1.74 bits per heavy atom. The van der Waals surface area contributed by atoms with Gasteiger partial charge in [-0.1, -0.05) is 54.9 Å². The maximum atomic E-state index is 13.4. The van der Waals surface area contributed by atoms with Gasteiger partial charge in [-0.05, 0) is 49.8 Å². The molecule has 2 aromatic carbocycles. The van der Waals surface area contributed by atoms with E-state index in [-0.39, 0.29) is 47.7 Å². The fraction of sp³-hybridized carbons (Fsp3) is 0.458. The van der Waals surface area contributed by atoms with E-state index >= 15 is 0 Å². The number of hydrogen-bond donors (Lipinski definition) is 0. The number of piperidine rings is 1. The van der Waals surface area contributed by atoms with E-state index in [1.54, 1.807) is 4.90 Å². The molecule has 1 saturated carbocycles. The van der Waals surface area contributed by atoms with Crippen LogP contribution in [0.25, 0.3) is 0 Å².